The summed E-state index contributed by atoms with van der Waals surface area (Å²) in [5.74, 6) is 5.45. The summed E-state index contributed by atoms with van der Waals surface area (Å²) in [5, 5.41) is 0. The van der Waals surface area contributed by atoms with E-state index in [1.54, 1.807) is 6.20 Å². The van der Waals surface area contributed by atoms with Crippen molar-refractivity contribution in [2.24, 2.45) is 5.84 Å². The lowest BCUT2D eigenvalue weighted by Gasteiger charge is -2.13. The van der Waals surface area contributed by atoms with Crippen molar-refractivity contribution < 1.29 is 0 Å². The van der Waals surface area contributed by atoms with Gasteiger partial charge < -0.3 is 0 Å². The molecule has 0 amide bonds. The molecule has 4 nitrogen and oxygen atoms in total. The summed E-state index contributed by atoms with van der Waals surface area (Å²) < 4.78 is 0. The predicted molar refractivity (Wildman–Crippen MR) is 56.1 cm³/mol. The van der Waals surface area contributed by atoms with Gasteiger partial charge in [-0.25, -0.2) is 9.97 Å². The van der Waals surface area contributed by atoms with Crippen molar-refractivity contribution in [3.8, 4) is 0 Å². The van der Waals surface area contributed by atoms with Crippen LogP contribution in [0.1, 0.15) is 31.0 Å². The van der Waals surface area contributed by atoms with E-state index in [9.17, 15) is 0 Å². The van der Waals surface area contributed by atoms with Gasteiger partial charge in [-0.3, -0.25) is 11.3 Å². The number of unbranched alkanes of at least 4 members (excludes halogenated alkanes) is 1. The Morgan fingerprint density at radius 3 is 3.07 bits per heavy atom. The lowest BCUT2D eigenvalue weighted by Crippen LogP contribution is -2.28. The van der Waals surface area contributed by atoms with Crippen molar-refractivity contribution in [2.75, 3.05) is 0 Å². The fourth-order valence-electron chi connectivity index (χ4n) is 1.29. The summed E-state index contributed by atoms with van der Waals surface area (Å²) in [7, 11) is 0. The molecule has 0 fully saturated rings. The first-order valence-corrected chi connectivity index (χ1v) is 4.71. The SMILES string of the molecule is C=CCCCC(NN)c1ccncn1. The lowest BCUT2D eigenvalue weighted by atomic mass is 10.1. The first kappa shape index (κ1) is 10.8. The van der Waals surface area contributed by atoms with Crippen molar-refractivity contribution in [3.05, 3.63) is 36.9 Å². The van der Waals surface area contributed by atoms with Gasteiger partial charge in [-0.05, 0) is 25.3 Å². The second-order valence-electron chi connectivity index (χ2n) is 3.07. The van der Waals surface area contributed by atoms with Crippen LogP contribution in [0.3, 0.4) is 0 Å². The second-order valence-corrected chi connectivity index (χ2v) is 3.07. The number of hydrazine groups is 1. The molecule has 0 aromatic carbocycles. The van der Waals surface area contributed by atoms with Gasteiger partial charge in [-0.15, -0.1) is 6.58 Å². The number of nitrogens with two attached hydrogens (primary N) is 1. The van der Waals surface area contributed by atoms with Crippen LogP contribution in [0.15, 0.2) is 31.2 Å². The van der Waals surface area contributed by atoms with E-state index in [-0.39, 0.29) is 6.04 Å². The van der Waals surface area contributed by atoms with E-state index in [1.807, 2.05) is 12.1 Å². The number of allylic oxidation sites excluding steroid dienone is 1. The number of hydrogen-bond donors (Lipinski definition) is 2. The summed E-state index contributed by atoms with van der Waals surface area (Å²) in [4.78, 5) is 8.01. The predicted octanol–water partition coefficient (Wildman–Crippen LogP) is 1.34. The molecule has 1 heterocycles. The van der Waals surface area contributed by atoms with E-state index in [1.165, 1.54) is 6.33 Å². The van der Waals surface area contributed by atoms with Gasteiger partial charge >= 0.3 is 0 Å². The quantitative estimate of drug-likeness (QED) is 0.309. The van der Waals surface area contributed by atoms with Gasteiger partial charge in [-0.1, -0.05) is 6.08 Å². The number of aromatic nitrogens is 2. The van der Waals surface area contributed by atoms with Crippen LogP contribution in [0.25, 0.3) is 0 Å². The van der Waals surface area contributed by atoms with Gasteiger partial charge in [0.25, 0.3) is 0 Å². The van der Waals surface area contributed by atoms with Crippen LogP contribution in [-0.4, -0.2) is 9.97 Å². The standard InChI is InChI=1S/C10H16N4/c1-2-3-4-5-10(14-11)9-6-7-12-8-13-9/h2,6-8,10,14H,1,3-5,11H2. The topological polar surface area (TPSA) is 63.8 Å². The molecule has 0 bridgehead atoms. The van der Waals surface area contributed by atoms with Crippen LogP contribution in [0.2, 0.25) is 0 Å². The Hall–Kier alpha value is -1.26. The molecular weight excluding hydrogens is 176 g/mol. The van der Waals surface area contributed by atoms with Gasteiger partial charge in [0.2, 0.25) is 0 Å². The van der Waals surface area contributed by atoms with Crippen LogP contribution in [0, 0.1) is 0 Å². The average Bonchev–Trinajstić information content (AvgIpc) is 2.26. The first-order valence-electron chi connectivity index (χ1n) is 4.71. The Bertz CT molecular complexity index is 260. The number of rotatable bonds is 6. The molecule has 76 valence electrons. The monoisotopic (exact) mass is 192 g/mol. The molecule has 0 radical (unpaired) electrons. The van der Waals surface area contributed by atoms with Gasteiger partial charge in [-0.2, -0.15) is 0 Å². The largest absolute Gasteiger partial charge is 0.271 e. The molecule has 0 saturated carbocycles. The molecule has 0 aliphatic carbocycles. The van der Waals surface area contributed by atoms with E-state index < -0.39 is 0 Å². The van der Waals surface area contributed by atoms with Crippen molar-refractivity contribution in [1.82, 2.24) is 15.4 Å². The zero-order valence-electron chi connectivity index (χ0n) is 8.19. The Labute approximate surface area is 84.2 Å². The highest BCUT2D eigenvalue weighted by Gasteiger charge is 2.09. The molecular formula is C10H16N4. The highest BCUT2D eigenvalue weighted by Crippen LogP contribution is 2.15. The fraction of sp³-hybridized carbons (Fsp3) is 0.400. The number of nitrogens with zero attached hydrogens (tertiary/aromatic N) is 2. The number of nitrogens with one attached hydrogen (secondary N) is 1. The van der Waals surface area contributed by atoms with Crippen molar-refractivity contribution in [3.63, 3.8) is 0 Å². The van der Waals surface area contributed by atoms with E-state index in [0.717, 1.165) is 25.0 Å². The maximum absolute atomic E-state index is 5.45. The van der Waals surface area contributed by atoms with Crippen LogP contribution in [-0.2, 0) is 0 Å². The highest BCUT2D eigenvalue weighted by molar-refractivity contribution is 5.03. The molecule has 1 rings (SSSR count). The van der Waals surface area contributed by atoms with Crippen LogP contribution >= 0.6 is 0 Å². The third-order valence-corrected chi connectivity index (χ3v) is 2.06. The van der Waals surface area contributed by atoms with Gasteiger partial charge in [0.1, 0.15) is 6.33 Å². The Balaban J connectivity index is 2.50. The molecule has 0 aliphatic rings. The molecule has 1 aromatic rings. The minimum absolute atomic E-state index is 0.109. The molecule has 1 atom stereocenters. The number of hydrogen-bond acceptors (Lipinski definition) is 4. The zero-order chi connectivity index (χ0) is 10.2. The van der Waals surface area contributed by atoms with Crippen molar-refractivity contribution >= 4 is 0 Å². The third kappa shape index (κ3) is 3.24. The summed E-state index contributed by atoms with van der Waals surface area (Å²) in [5.41, 5.74) is 3.69. The molecule has 0 saturated heterocycles. The first-order chi connectivity index (χ1) is 6.88. The second kappa shape index (κ2) is 6.23. The molecule has 3 N–H and O–H groups in total. The zero-order valence-corrected chi connectivity index (χ0v) is 8.19. The van der Waals surface area contributed by atoms with E-state index >= 15 is 0 Å². The van der Waals surface area contributed by atoms with Crippen LogP contribution in [0.5, 0.6) is 0 Å². The smallest absolute Gasteiger partial charge is 0.115 e. The summed E-state index contributed by atoms with van der Waals surface area (Å²) >= 11 is 0. The van der Waals surface area contributed by atoms with Gasteiger partial charge in [0, 0.05) is 6.20 Å². The Kier molecular flexibility index (Phi) is 4.82. The summed E-state index contributed by atoms with van der Waals surface area (Å²) in [6.45, 7) is 3.68. The lowest BCUT2D eigenvalue weighted by molar-refractivity contribution is 0.489. The normalized spacial score (nSPS) is 12.4. The molecule has 0 aliphatic heterocycles. The van der Waals surface area contributed by atoms with Crippen LogP contribution in [0.4, 0.5) is 0 Å². The molecule has 4 heteroatoms. The van der Waals surface area contributed by atoms with Crippen molar-refractivity contribution in [2.45, 2.75) is 25.3 Å². The minimum atomic E-state index is 0.109. The summed E-state index contributed by atoms with van der Waals surface area (Å²) in [6, 6.07) is 1.98. The van der Waals surface area contributed by atoms with Crippen LogP contribution < -0.4 is 11.3 Å². The van der Waals surface area contributed by atoms with E-state index in [2.05, 4.69) is 22.0 Å². The van der Waals surface area contributed by atoms with Gasteiger partial charge in [0.15, 0.2) is 0 Å². The summed E-state index contributed by atoms with van der Waals surface area (Å²) in [6.07, 6.45) is 8.19. The Morgan fingerprint density at radius 2 is 2.50 bits per heavy atom. The third-order valence-electron chi connectivity index (χ3n) is 2.06. The fourth-order valence-corrected chi connectivity index (χ4v) is 1.29. The van der Waals surface area contributed by atoms with E-state index in [4.69, 9.17) is 5.84 Å². The minimum Gasteiger partial charge on any atom is -0.271 e. The van der Waals surface area contributed by atoms with Gasteiger partial charge in [0.05, 0.1) is 11.7 Å². The highest BCUT2D eigenvalue weighted by atomic mass is 15.2. The van der Waals surface area contributed by atoms with Crippen molar-refractivity contribution in [1.29, 1.82) is 0 Å². The maximum Gasteiger partial charge on any atom is 0.115 e. The molecule has 1 aromatic heterocycles. The molecule has 14 heavy (non-hydrogen) atoms. The maximum atomic E-state index is 5.45. The Morgan fingerprint density at radius 1 is 1.64 bits per heavy atom. The van der Waals surface area contributed by atoms with E-state index in [0.29, 0.717) is 0 Å². The molecule has 0 spiro atoms. The average molecular weight is 192 g/mol. The molecule has 1 unspecified atom stereocenters.